The van der Waals surface area contributed by atoms with E-state index in [9.17, 15) is 9.18 Å². The summed E-state index contributed by atoms with van der Waals surface area (Å²) in [6.45, 7) is 3.24. The molecule has 4 heteroatoms. The van der Waals surface area contributed by atoms with Crippen molar-refractivity contribution in [2.24, 2.45) is 0 Å². The normalized spacial score (nSPS) is 10.4. The molecule has 3 nitrogen and oxygen atoms in total. The molecule has 0 unspecified atom stereocenters. The summed E-state index contributed by atoms with van der Waals surface area (Å²) in [5.41, 5.74) is 0.234. The molecule has 1 aromatic rings. The van der Waals surface area contributed by atoms with Crippen LogP contribution in [-0.4, -0.2) is 19.0 Å². The third kappa shape index (κ3) is 6.91. The van der Waals surface area contributed by atoms with E-state index in [4.69, 9.17) is 0 Å². The van der Waals surface area contributed by atoms with Gasteiger partial charge in [-0.25, -0.2) is 4.39 Å². The molecule has 19 heavy (non-hydrogen) atoms. The van der Waals surface area contributed by atoms with Crippen molar-refractivity contribution in [2.75, 3.05) is 18.4 Å². The Balaban J connectivity index is 2.10. The monoisotopic (exact) mass is 266 g/mol. The molecule has 0 saturated heterocycles. The standard InChI is InChI=1S/C15H23FN2O/c1-2-3-4-5-8-11-17-12-15(19)18-14-10-7-6-9-13(14)16/h6-7,9-10,17H,2-5,8,11-12H2,1H3,(H,18,19). The molecule has 0 radical (unpaired) electrons. The number of carbonyl (C=O) groups is 1. The Morgan fingerprint density at radius 3 is 2.63 bits per heavy atom. The fourth-order valence-electron chi connectivity index (χ4n) is 1.81. The third-order valence-corrected chi connectivity index (χ3v) is 2.89. The second kappa shape index (κ2) is 9.50. The first-order chi connectivity index (χ1) is 9.24. The lowest BCUT2D eigenvalue weighted by atomic mass is 10.1. The van der Waals surface area contributed by atoms with E-state index in [1.807, 2.05) is 0 Å². The van der Waals surface area contributed by atoms with E-state index in [0.29, 0.717) is 0 Å². The van der Waals surface area contributed by atoms with Gasteiger partial charge in [0.1, 0.15) is 5.82 Å². The van der Waals surface area contributed by atoms with Gasteiger partial charge in [-0.3, -0.25) is 4.79 Å². The maximum absolute atomic E-state index is 13.3. The zero-order chi connectivity index (χ0) is 13.9. The van der Waals surface area contributed by atoms with Gasteiger partial charge in [0.25, 0.3) is 0 Å². The number of hydrogen-bond donors (Lipinski definition) is 2. The first-order valence-electron chi connectivity index (χ1n) is 6.99. The van der Waals surface area contributed by atoms with Gasteiger partial charge in [-0.2, -0.15) is 0 Å². The maximum Gasteiger partial charge on any atom is 0.238 e. The van der Waals surface area contributed by atoms with Crippen LogP contribution in [0, 0.1) is 5.82 Å². The topological polar surface area (TPSA) is 41.1 Å². The summed E-state index contributed by atoms with van der Waals surface area (Å²) in [5.74, 6) is -0.617. The van der Waals surface area contributed by atoms with Crippen molar-refractivity contribution in [2.45, 2.75) is 39.0 Å². The molecule has 1 rings (SSSR count). The number of unbranched alkanes of at least 4 members (excludes halogenated alkanes) is 4. The number of halogens is 1. The quantitative estimate of drug-likeness (QED) is 0.673. The van der Waals surface area contributed by atoms with Gasteiger partial charge >= 0.3 is 0 Å². The van der Waals surface area contributed by atoms with Crippen LogP contribution in [0.2, 0.25) is 0 Å². The first kappa shape index (κ1) is 15.6. The number of rotatable bonds is 9. The van der Waals surface area contributed by atoms with Gasteiger partial charge in [-0.15, -0.1) is 0 Å². The lowest BCUT2D eigenvalue weighted by Crippen LogP contribution is -2.29. The Morgan fingerprint density at radius 1 is 1.16 bits per heavy atom. The smallest absolute Gasteiger partial charge is 0.238 e. The highest BCUT2D eigenvalue weighted by Crippen LogP contribution is 2.11. The van der Waals surface area contributed by atoms with Gasteiger partial charge in [0.05, 0.1) is 12.2 Å². The highest BCUT2D eigenvalue weighted by Gasteiger charge is 2.05. The minimum absolute atomic E-state index is 0.210. The van der Waals surface area contributed by atoms with Crippen LogP contribution in [0.4, 0.5) is 10.1 Å². The van der Waals surface area contributed by atoms with Crippen LogP contribution in [-0.2, 0) is 4.79 Å². The van der Waals surface area contributed by atoms with Crippen molar-refractivity contribution in [1.29, 1.82) is 0 Å². The van der Waals surface area contributed by atoms with Crippen LogP contribution in [0.1, 0.15) is 39.0 Å². The van der Waals surface area contributed by atoms with E-state index in [0.717, 1.165) is 13.0 Å². The maximum atomic E-state index is 13.3. The molecule has 106 valence electrons. The molecular formula is C15H23FN2O. The summed E-state index contributed by atoms with van der Waals surface area (Å²) in [6, 6.07) is 6.17. The zero-order valence-electron chi connectivity index (χ0n) is 11.5. The minimum atomic E-state index is -0.407. The van der Waals surface area contributed by atoms with Gasteiger partial charge < -0.3 is 10.6 Å². The number of hydrogen-bond acceptors (Lipinski definition) is 2. The van der Waals surface area contributed by atoms with Crippen molar-refractivity contribution in [3.63, 3.8) is 0 Å². The van der Waals surface area contributed by atoms with Crippen molar-refractivity contribution < 1.29 is 9.18 Å². The number of benzene rings is 1. The predicted octanol–water partition coefficient (Wildman–Crippen LogP) is 3.32. The summed E-state index contributed by atoms with van der Waals surface area (Å²) in [4.78, 5) is 11.6. The van der Waals surface area contributed by atoms with E-state index in [1.165, 1.54) is 31.7 Å². The molecule has 1 amide bonds. The molecule has 0 fully saturated rings. The Labute approximate surface area is 114 Å². The van der Waals surface area contributed by atoms with E-state index in [-0.39, 0.29) is 18.1 Å². The van der Waals surface area contributed by atoms with E-state index < -0.39 is 5.82 Å². The Bertz CT molecular complexity index is 382. The predicted molar refractivity (Wildman–Crippen MR) is 76.7 cm³/mol. The number of amides is 1. The average molecular weight is 266 g/mol. The second-order valence-corrected chi connectivity index (χ2v) is 4.62. The van der Waals surface area contributed by atoms with Crippen LogP contribution >= 0.6 is 0 Å². The highest BCUT2D eigenvalue weighted by molar-refractivity contribution is 5.92. The summed E-state index contributed by atoms with van der Waals surface area (Å²) in [5, 5.41) is 5.61. The van der Waals surface area contributed by atoms with Gasteiger partial charge in [0.2, 0.25) is 5.91 Å². The molecule has 0 spiro atoms. The lowest BCUT2D eigenvalue weighted by molar-refractivity contribution is -0.115. The largest absolute Gasteiger partial charge is 0.322 e. The summed E-state index contributed by atoms with van der Waals surface area (Å²) >= 11 is 0. The van der Waals surface area contributed by atoms with Crippen LogP contribution in [0.5, 0.6) is 0 Å². The van der Waals surface area contributed by atoms with E-state index >= 15 is 0 Å². The van der Waals surface area contributed by atoms with Gasteiger partial charge in [-0.1, -0.05) is 44.7 Å². The SMILES string of the molecule is CCCCCCCNCC(=O)Nc1ccccc1F. The number of anilines is 1. The van der Waals surface area contributed by atoms with Gasteiger partial charge in [0, 0.05) is 0 Å². The van der Waals surface area contributed by atoms with Crippen LogP contribution in [0.25, 0.3) is 0 Å². The van der Waals surface area contributed by atoms with Gasteiger partial charge in [0.15, 0.2) is 0 Å². The number of carbonyl (C=O) groups excluding carboxylic acids is 1. The van der Waals surface area contributed by atoms with Crippen LogP contribution < -0.4 is 10.6 Å². The molecule has 0 heterocycles. The summed E-state index contributed by atoms with van der Waals surface area (Å²) < 4.78 is 13.3. The molecule has 0 atom stereocenters. The molecule has 0 aliphatic rings. The first-order valence-corrected chi connectivity index (χ1v) is 6.99. The van der Waals surface area contributed by atoms with E-state index in [1.54, 1.807) is 18.2 Å². The molecule has 0 aliphatic heterocycles. The van der Waals surface area contributed by atoms with Crippen molar-refractivity contribution in [1.82, 2.24) is 5.32 Å². The second-order valence-electron chi connectivity index (χ2n) is 4.62. The Morgan fingerprint density at radius 2 is 1.89 bits per heavy atom. The average Bonchev–Trinajstić information content (AvgIpc) is 2.40. The number of nitrogens with one attached hydrogen (secondary N) is 2. The Kier molecular flexibility index (Phi) is 7.82. The van der Waals surface area contributed by atoms with Crippen molar-refractivity contribution in [3.8, 4) is 0 Å². The van der Waals surface area contributed by atoms with Gasteiger partial charge in [-0.05, 0) is 25.1 Å². The zero-order valence-corrected chi connectivity index (χ0v) is 11.5. The van der Waals surface area contributed by atoms with Crippen molar-refractivity contribution >= 4 is 11.6 Å². The molecular weight excluding hydrogens is 243 g/mol. The molecule has 1 aromatic carbocycles. The van der Waals surface area contributed by atoms with Crippen LogP contribution in [0.15, 0.2) is 24.3 Å². The Hall–Kier alpha value is -1.42. The molecule has 0 aromatic heterocycles. The summed E-state index contributed by atoms with van der Waals surface area (Å²) in [6.07, 6.45) is 6.02. The van der Waals surface area contributed by atoms with E-state index in [2.05, 4.69) is 17.6 Å². The third-order valence-electron chi connectivity index (χ3n) is 2.89. The highest BCUT2D eigenvalue weighted by atomic mass is 19.1. The molecule has 0 aliphatic carbocycles. The molecule has 0 saturated carbocycles. The van der Waals surface area contributed by atoms with Crippen LogP contribution in [0.3, 0.4) is 0 Å². The molecule has 0 bridgehead atoms. The number of para-hydroxylation sites is 1. The molecule has 2 N–H and O–H groups in total. The summed E-state index contributed by atoms with van der Waals surface area (Å²) in [7, 11) is 0. The minimum Gasteiger partial charge on any atom is -0.322 e. The lowest BCUT2D eigenvalue weighted by Gasteiger charge is -2.07. The fourth-order valence-corrected chi connectivity index (χ4v) is 1.81. The van der Waals surface area contributed by atoms with Crippen molar-refractivity contribution in [3.05, 3.63) is 30.1 Å². The fraction of sp³-hybridized carbons (Fsp3) is 0.533.